The van der Waals surface area contributed by atoms with Crippen molar-refractivity contribution < 1.29 is 0 Å². The summed E-state index contributed by atoms with van der Waals surface area (Å²) in [6, 6.07) is 6.18. The van der Waals surface area contributed by atoms with Crippen molar-refractivity contribution in [2.45, 2.75) is 26.4 Å². The second-order valence-electron chi connectivity index (χ2n) is 4.20. The molecule has 0 fully saturated rings. The molecule has 0 unspecified atom stereocenters. The van der Waals surface area contributed by atoms with Gasteiger partial charge in [0.15, 0.2) is 5.96 Å². The van der Waals surface area contributed by atoms with Crippen LogP contribution in [0.2, 0.25) is 0 Å². The van der Waals surface area contributed by atoms with E-state index < -0.39 is 0 Å². The molecule has 0 saturated heterocycles. The van der Waals surface area contributed by atoms with Gasteiger partial charge in [0.1, 0.15) is 5.65 Å². The smallest absolute Gasteiger partial charge is 0.189 e. The highest BCUT2D eigenvalue weighted by Crippen LogP contribution is 2.05. The Balaban J connectivity index is 2.08. The molecular weight excluding hydrogens is 214 g/mol. The number of imidazole rings is 1. The van der Waals surface area contributed by atoms with Crippen LogP contribution in [0.3, 0.4) is 0 Å². The lowest BCUT2D eigenvalue weighted by molar-refractivity contribution is 0.723. The van der Waals surface area contributed by atoms with E-state index in [0.29, 0.717) is 18.5 Å². The summed E-state index contributed by atoms with van der Waals surface area (Å²) < 4.78 is 1.97. The molecule has 0 bridgehead atoms. The minimum absolute atomic E-state index is 0.291. The van der Waals surface area contributed by atoms with Crippen LogP contribution in [0, 0.1) is 0 Å². The number of pyridine rings is 1. The molecule has 0 aliphatic rings. The first kappa shape index (κ1) is 11.4. The highest BCUT2D eigenvalue weighted by Gasteiger charge is 2.00. The van der Waals surface area contributed by atoms with E-state index in [1.807, 2.05) is 48.8 Å². The largest absolute Gasteiger partial charge is 0.370 e. The van der Waals surface area contributed by atoms with Gasteiger partial charge in [0.25, 0.3) is 0 Å². The van der Waals surface area contributed by atoms with Crippen molar-refractivity contribution in [1.82, 2.24) is 14.7 Å². The second-order valence-corrected chi connectivity index (χ2v) is 4.20. The molecule has 2 heterocycles. The van der Waals surface area contributed by atoms with Crippen molar-refractivity contribution in [2.75, 3.05) is 0 Å². The predicted molar refractivity (Wildman–Crippen MR) is 68.8 cm³/mol. The van der Waals surface area contributed by atoms with Gasteiger partial charge in [-0.2, -0.15) is 0 Å². The summed E-state index contributed by atoms with van der Waals surface area (Å²) in [5.41, 5.74) is 7.55. The molecule has 2 aromatic rings. The predicted octanol–water partition coefficient (Wildman–Crippen LogP) is 1.15. The number of nitrogens with one attached hydrogen (secondary N) is 1. The third-order valence-electron chi connectivity index (χ3n) is 2.26. The van der Waals surface area contributed by atoms with Crippen LogP contribution < -0.4 is 11.1 Å². The Kier molecular flexibility index (Phi) is 3.27. The summed E-state index contributed by atoms with van der Waals surface area (Å²) in [5, 5.41) is 3.04. The van der Waals surface area contributed by atoms with E-state index in [2.05, 4.69) is 15.3 Å². The summed E-state index contributed by atoms with van der Waals surface area (Å²) in [6.07, 6.45) is 3.92. The van der Waals surface area contributed by atoms with Gasteiger partial charge in [-0.3, -0.25) is 0 Å². The zero-order valence-corrected chi connectivity index (χ0v) is 10.1. The average molecular weight is 231 g/mol. The van der Waals surface area contributed by atoms with Crippen LogP contribution in [0.15, 0.2) is 35.6 Å². The standard InChI is InChI=1S/C12H17N5/c1-9(2)15-12(13)14-7-10-8-17-6-4-3-5-11(17)16-10/h3-6,8-9H,7H2,1-2H3,(H3,13,14,15). The zero-order chi connectivity index (χ0) is 12.3. The molecule has 17 heavy (non-hydrogen) atoms. The lowest BCUT2D eigenvalue weighted by atomic mass is 10.4. The molecule has 3 N–H and O–H groups in total. The number of aliphatic imine (C=N–C) groups is 1. The van der Waals surface area contributed by atoms with Crippen LogP contribution in [0.4, 0.5) is 0 Å². The van der Waals surface area contributed by atoms with Crippen molar-refractivity contribution >= 4 is 11.6 Å². The Hall–Kier alpha value is -2.04. The van der Waals surface area contributed by atoms with Crippen LogP contribution in [0.25, 0.3) is 5.65 Å². The summed E-state index contributed by atoms with van der Waals surface area (Å²) in [7, 11) is 0. The van der Waals surface area contributed by atoms with Crippen LogP contribution in [-0.2, 0) is 6.54 Å². The number of rotatable bonds is 3. The number of fused-ring (bicyclic) bond motifs is 1. The number of guanidine groups is 1. The van der Waals surface area contributed by atoms with Gasteiger partial charge in [-0.1, -0.05) is 6.07 Å². The number of hydrogen-bond acceptors (Lipinski definition) is 2. The molecule has 0 atom stereocenters. The number of aromatic nitrogens is 2. The Bertz CT molecular complexity index is 493. The third-order valence-corrected chi connectivity index (χ3v) is 2.26. The van der Waals surface area contributed by atoms with E-state index >= 15 is 0 Å². The summed E-state index contributed by atoms with van der Waals surface area (Å²) >= 11 is 0. The van der Waals surface area contributed by atoms with E-state index in [1.165, 1.54) is 0 Å². The van der Waals surface area contributed by atoms with Crippen LogP contribution >= 0.6 is 0 Å². The number of hydrogen-bond donors (Lipinski definition) is 2. The fraction of sp³-hybridized carbons (Fsp3) is 0.333. The maximum Gasteiger partial charge on any atom is 0.189 e. The molecule has 0 aliphatic carbocycles. The van der Waals surface area contributed by atoms with Gasteiger partial charge >= 0.3 is 0 Å². The van der Waals surface area contributed by atoms with Gasteiger partial charge in [-0.15, -0.1) is 0 Å². The van der Waals surface area contributed by atoms with E-state index in [1.54, 1.807) is 0 Å². The molecule has 0 amide bonds. The van der Waals surface area contributed by atoms with E-state index in [-0.39, 0.29) is 0 Å². The second kappa shape index (κ2) is 4.86. The van der Waals surface area contributed by atoms with Crippen molar-refractivity contribution in [3.63, 3.8) is 0 Å². The fourth-order valence-electron chi connectivity index (χ4n) is 1.57. The Labute approximate surface area is 100 Å². The van der Waals surface area contributed by atoms with E-state index in [0.717, 1.165) is 11.3 Å². The highest BCUT2D eigenvalue weighted by molar-refractivity contribution is 5.78. The molecule has 90 valence electrons. The van der Waals surface area contributed by atoms with Crippen molar-refractivity contribution in [3.8, 4) is 0 Å². The van der Waals surface area contributed by atoms with Crippen LogP contribution in [-0.4, -0.2) is 21.4 Å². The molecule has 0 spiro atoms. The van der Waals surface area contributed by atoms with Crippen LogP contribution in [0.1, 0.15) is 19.5 Å². The SMILES string of the molecule is CC(C)NC(N)=NCc1cn2ccccc2n1. The topological polar surface area (TPSA) is 67.7 Å². The van der Waals surface area contributed by atoms with Crippen molar-refractivity contribution in [2.24, 2.45) is 10.7 Å². The molecule has 0 saturated carbocycles. The number of nitrogens with two attached hydrogens (primary N) is 1. The highest BCUT2D eigenvalue weighted by atomic mass is 15.1. The minimum atomic E-state index is 0.291. The Morgan fingerprint density at radius 3 is 3.06 bits per heavy atom. The lowest BCUT2D eigenvalue weighted by Gasteiger charge is -2.07. The molecule has 2 aromatic heterocycles. The van der Waals surface area contributed by atoms with Gasteiger partial charge in [0.05, 0.1) is 12.2 Å². The zero-order valence-electron chi connectivity index (χ0n) is 10.1. The summed E-state index contributed by atoms with van der Waals surface area (Å²) in [5.74, 6) is 0.456. The van der Waals surface area contributed by atoms with Gasteiger partial charge in [0, 0.05) is 18.4 Å². The average Bonchev–Trinajstić information content (AvgIpc) is 2.68. The van der Waals surface area contributed by atoms with Crippen LogP contribution in [0.5, 0.6) is 0 Å². The van der Waals surface area contributed by atoms with Gasteiger partial charge < -0.3 is 15.5 Å². The summed E-state index contributed by atoms with van der Waals surface area (Å²) in [6.45, 7) is 4.54. The Morgan fingerprint density at radius 2 is 2.35 bits per heavy atom. The van der Waals surface area contributed by atoms with Gasteiger partial charge in [-0.05, 0) is 26.0 Å². The minimum Gasteiger partial charge on any atom is -0.370 e. The first-order valence-corrected chi connectivity index (χ1v) is 5.64. The van der Waals surface area contributed by atoms with Gasteiger partial charge in [0.2, 0.25) is 0 Å². The maximum atomic E-state index is 5.72. The molecule has 0 radical (unpaired) electrons. The molecule has 2 rings (SSSR count). The van der Waals surface area contributed by atoms with Crippen molar-refractivity contribution in [1.29, 1.82) is 0 Å². The number of nitrogens with zero attached hydrogens (tertiary/aromatic N) is 3. The molecule has 0 aromatic carbocycles. The third kappa shape index (κ3) is 2.96. The first-order chi connectivity index (χ1) is 8.15. The lowest BCUT2D eigenvalue weighted by Crippen LogP contribution is -2.36. The molecular formula is C12H17N5. The van der Waals surface area contributed by atoms with E-state index in [9.17, 15) is 0 Å². The van der Waals surface area contributed by atoms with Gasteiger partial charge in [-0.25, -0.2) is 9.98 Å². The molecule has 5 nitrogen and oxygen atoms in total. The summed E-state index contributed by atoms with van der Waals surface area (Å²) in [4.78, 5) is 8.67. The van der Waals surface area contributed by atoms with E-state index in [4.69, 9.17) is 5.73 Å². The fourth-order valence-corrected chi connectivity index (χ4v) is 1.57. The monoisotopic (exact) mass is 231 g/mol. The quantitative estimate of drug-likeness (QED) is 0.615. The maximum absolute atomic E-state index is 5.72. The molecule has 0 aliphatic heterocycles. The Morgan fingerprint density at radius 1 is 1.53 bits per heavy atom. The first-order valence-electron chi connectivity index (χ1n) is 5.64. The molecule has 5 heteroatoms. The van der Waals surface area contributed by atoms with Crippen molar-refractivity contribution in [3.05, 3.63) is 36.3 Å². The normalized spacial score (nSPS) is 12.3.